The lowest BCUT2D eigenvalue weighted by molar-refractivity contribution is -0.146. The van der Waals surface area contributed by atoms with E-state index in [2.05, 4.69) is 5.32 Å². The van der Waals surface area contributed by atoms with E-state index in [9.17, 15) is 13.2 Å². The van der Waals surface area contributed by atoms with E-state index in [-0.39, 0.29) is 5.97 Å². The Bertz CT molecular complexity index is 486. The van der Waals surface area contributed by atoms with E-state index in [1.54, 1.807) is 4.31 Å². The van der Waals surface area contributed by atoms with Crippen LogP contribution in [0.25, 0.3) is 0 Å². The first-order valence-corrected chi connectivity index (χ1v) is 10.2. The van der Waals surface area contributed by atoms with Gasteiger partial charge in [-0.1, -0.05) is 12.8 Å². The van der Waals surface area contributed by atoms with Crippen LogP contribution in [-0.2, 0) is 19.6 Å². The molecule has 2 aliphatic rings. The molecule has 2 fully saturated rings. The molecule has 134 valence electrons. The minimum Gasteiger partial charge on any atom is -0.469 e. The number of carbonyl (C=O) groups is 1. The standard InChI is InChI=1S/C16H30N2O4S/c1-17-10-7-13-8-11-18(12-9-13)23(20,21)15-6-4-3-5-14(15)16(19)22-2/h13-15,17H,3-12H2,1-2H3/t14-,15-/m1/s1. The molecule has 6 nitrogen and oxygen atoms in total. The highest BCUT2D eigenvalue weighted by atomic mass is 32.2. The summed E-state index contributed by atoms with van der Waals surface area (Å²) in [5, 5.41) is 2.55. The fourth-order valence-electron chi connectivity index (χ4n) is 3.87. The van der Waals surface area contributed by atoms with E-state index in [1.165, 1.54) is 7.11 Å². The van der Waals surface area contributed by atoms with Gasteiger partial charge in [0.25, 0.3) is 0 Å². The largest absolute Gasteiger partial charge is 0.469 e. The number of rotatable bonds is 6. The normalized spacial score (nSPS) is 27.7. The zero-order chi connectivity index (χ0) is 16.9. The lowest BCUT2D eigenvalue weighted by Gasteiger charge is -2.37. The predicted molar refractivity (Wildman–Crippen MR) is 89.5 cm³/mol. The maximum Gasteiger partial charge on any atom is 0.310 e. The molecule has 0 unspecified atom stereocenters. The second-order valence-electron chi connectivity index (χ2n) is 6.73. The molecular weight excluding hydrogens is 316 g/mol. The highest BCUT2D eigenvalue weighted by Gasteiger charge is 2.43. The Hall–Kier alpha value is -0.660. The SMILES string of the molecule is CNCCC1CCN(S(=O)(=O)[C@@H]2CCCC[C@H]2C(=O)OC)CC1. The van der Waals surface area contributed by atoms with Crippen LogP contribution in [0.4, 0.5) is 0 Å². The van der Waals surface area contributed by atoms with Crippen molar-refractivity contribution in [3.8, 4) is 0 Å². The molecule has 2 rings (SSSR count). The number of carbonyl (C=O) groups excluding carboxylic acids is 1. The smallest absolute Gasteiger partial charge is 0.310 e. The Morgan fingerprint density at radius 3 is 2.43 bits per heavy atom. The minimum absolute atomic E-state index is 0.373. The first-order valence-electron chi connectivity index (χ1n) is 8.72. The second kappa shape index (κ2) is 8.44. The highest BCUT2D eigenvalue weighted by molar-refractivity contribution is 7.89. The van der Waals surface area contributed by atoms with E-state index in [1.807, 2.05) is 7.05 Å². The van der Waals surface area contributed by atoms with Crippen molar-refractivity contribution >= 4 is 16.0 Å². The maximum absolute atomic E-state index is 13.0. The average Bonchev–Trinajstić information content (AvgIpc) is 2.59. The molecule has 0 aromatic heterocycles. The van der Waals surface area contributed by atoms with Crippen LogP contribution in [0.3, 0.4) is 0 Å². The molecule has 1 saturated heterocycles. The third-order valence-electron chi connectivity index (χ3n) is 5.33. The van der Waals surface area contributed by atoms with E-state index in [0.717, 1.165) is 38.6 Å². The van der Waals surface area contributed by atoms with Crippen molar-refractivity contribution < 1.29 is 17.9 Å². The number of hydrogen-bond donors (Lipinski definition) is 1. The lowest BCUT2D eigenvalue weighted by atomic mass is 9.89. The van der Waals surface area contributed by atoms with Gasteiger partial charge in [-0.2, -0.15) is 0 Å². The van der Waals surface area contributed by atoms with Crippen LogP contribution in [0.1, 0.15) is 44.9 Å². The first kappa shape index (κ1) is 18.7. The van der Waals surface area contributed by atoms with Gasteiger partial charge in [-0.25, -0.2) is 12.7 Å². The summed E-state index contributed by atoms with van der Waals surface area (Å²) < 4.78 is 32.5. The van der Waals surface area contributed by atoms with Crippen LogP contribution >= 0.6 is 0 Å². The van der Waals surface area contributed by atoms with Crippen molar-refractivity contribution in [1.82, 2.24) is 9.62 Å². The van der Waals surface area contributed by atoms with Gasteiger partial charge in [0.1, 0.15) is 0 Å². The number of hydrogen-bond acceptors (Lipinski definition) is 5. The molecule has 0 spiro atoms. The molecule has 1 saturated carbocycles. The average molecular weight is 346 g/mol. The van der Waals surface area contributed by atoms with E-state index < -0.39 is 21.2 Å². The molecule has 1 aliphatic carbocycles. The summed E-state index contributed by atoms with van der Waals surface area (Å²) in [5.74, 6) is -0.278. The number of methoxy groups -OCH3 is 1. The number of nitrogens with one attached hydrogen (secondary N) is 1. The van der Waals surface area contributed by atoms with Gasteiger partial charge in [0.05, 0.1) is 18.3 Å². The molecule has 23 heavy (non-hydrogen) atoms. The molecule has 0 radical (unpaired) electrons. The van der Waals surface area contributed by atoms with Crippen molar-refractivity contribution in [2.45, 2.75) is 50.2 Å². The molecule has 1 aliphatic heterocycles. The van der Waals surface area contributed by atoms with Crippen molar-refractivity contribution in [2.75, 3.05) is 33.8 Å². The number of piperidine rings is 1. The third kappa shape index (κ3) is 4.45. The maximum atomic E-state index is 13.0. The van der Waals surface area contributed by atoms with Gasteiger partial charge < -0.3 is 10.1 Å². The number of esters is 1. The Morgan fingerprint density at radius 2 is 1.83 bits per heavy atom. The van der Waals surface area contributed by atoms with Gasteiger partial charge in [0.15, 0.2) is 0 Å². The van der Waals surface area contributed by atoms with E-state index >= 15 is 0 Å². The lowest BCUT2D eigenvalue weighted by Crippen LogP contribution is -2.48. The molecule has 2 atom stereocenters. The molecular formula is C16H30N2O4S. The molecule has 0 aromatic carbocycles. The number of sulfonamides is 1. The predicted octanol–water partition coefficient (Wildman–Crippen LogP) is 1.37. The molecule has 7 heteroatoms. The summed E-state index contributed by atoms with van der Waals surface area (Å²) in [6.07, 6.45) is 5.89. The Kier molecular flexibility index (Phi) is 6.85. The minimum atomic E-state index is -3.42. The summed E-state index contributed by atoms with van der Waals surface area (Å²) in [5.41, 5.74) is 0. The molecule has 1 N–H and O–H groups in total. The van der Waals surface area contributed by atoms with E-state index in [0.29, 0.717) is 31.8 Å². The Morgan fingerprint density at radius 1 is 1.17 bits per heavy atom. The van der Waals surface area contributed by atoms with Crippen molar-refractivity contribution in [1.29, 1.82) is 0 Å². The fourth-order valence-corrected chi connectivity index (χ4v) is 6.10. The fraction of sp³-hybridized carbons (Fsp3) is 0.938. The van der Waals surface area contributed by atoms with E-state index in [4.69, 9.17) is 4.74 Å². The zero-order valence-corrected chi connectivity index (χ0v) is 15.1. The van der Waals surface area contributed by atoms with Crippen molar-refractivity contribution in [3.63, 3.8) is 0 Å². The highest BCUT2D eigenvalue weighted by Crippen LogP contribution is 2.34. The van der Waals surface area contributed by atoms with Crippen LogP contribution in [0.15, 0.2) is 0 Å². The van der Waals surface area contributed by atoms with Crippen LogP contribution < -0.4 is 5.32 Å². The molecule has 0 bridgehead atoms. The topological polar surface area (TPSA) is 75.7 Å². The third-order valence-corrected chi connectivity index (χ3v) is 7.74. The summed E-state index contributed by atoms with van der Waals surface area (Å²) in [7, 11) is -0.135. The number of ether oxygens (including phenoxy) is 1. The van der Waals surface area contributed by atoms with Gasteiger partial charge in [-0.3, -0.25) is 4.79 Å². The number of nitrogens with zero attached hydrogens (tertiary/aromatic N) is 1. The summed E-state index contributed by atoms with van der Waals surface area (Å²) in [6, 6.07) is 0. The quantitative estimate of drug-likeness (QED) is 0.735. The van der Waals surface area contributed by atoms with Gasteiger partial charge in [0, 0.05) is 13.1 Å². The zero-order valence-electron chi connectivity index (χ0n) is 14.3. The van der Waals surface area contributed by atoms with Gasteiger partial charge >= 0.3 is 5.97 Å². The summed E-state index contributed by atoms with van der Waals surface area (Å²) in [4.78, 5) is 12.0. The molecule has 0 amide bonds. The first-order chi connectivity index (χ1) is 11.0. The summed E-state index contributed by atoms with van der Waals surface area (Å²) >= 11 is 0. The van der Waals surface area contributed by atoms with Crippen LogP contribution in [0.5, 0.6) is 0 Å². The Labute approximate surface area is 140 Å². The van der Waals surface area contributed by atoms with Crippen LogP contribution in [0, 0.1) is 11.8 Å². The second-order valence-corrected chi connectivity index (χ2v) is 8.88. The summed E-state index contributed by atoms with van der Waals surface area (Å²) in [6.45, 7) is 2.15. The van der Waals surface area contributed by atoms with Gasteiger partial charge in [-0.15, -0.1) is 0 Å². The van der Waals surface area contributed by atoms with Crippen molar-refractivity contribution in [3.05, 3.63) is 0 Å². The molecule has 0 aromatic rings. The van der Waals surface area contributed by atoms with Crippen LogP contribution in [-0.4, -0.2) is 57.7 Å². The molecule has 1 heterocycles. The van der Waals surface area contributed by atoms with Gasteiger partial charge in [0.2, 0.25) is 10.0 Å². The van der Waals surface area contributed by atoms with Crippen molar-refractivity contribution in [2.24, 2.45) is 11.8 Å². The van der Waals surface area contributed by atoms with Crippen LogP contribution in [0.2, 0.25) is 0 Å². The Balaban J connectivity index is 2.01. The monoisotopic (exact) mass is 346 g/mol. The van der Waals surface area contributed by atoms with Gasteiger partial charge in [-0.05, 0) is 51.6 Å².